The first-order valence-corrected chi connectivity index (χ1v) is 9.03. The molecule has 5 heteroatoms. The number of carbonyl (C=O) groups excluding carboxylic acids is 2. The van der Waals surface area contributed by atoms with E-state index >= 15 is 0 Å². The third kappa shape index (κ3) is 3.96. The average molecular weight is 332 g/mol. The van der Waals surface area contributed by atoms with Gasteiger partial charge >= 0.3 is 0 Å². The first-order valence-electron chi connectivity index (χ1n) is 7.88. The van der Waals surface area contributed by atoms with Crippen LogP contribution >= 0.6 is 11.8 Å². The summed E-state index contributed by atoms with van der Waals surface area (Å²) in [6.07, 6.45) is 2.73. The van der Waals surface area contributed by atoms with Gasteiger partial charge in [0.15, 0.2) is 0 Å². The lowest BCUT2D eigenvalue weighted by Crippen LogP contribution is -2.44. The molecule has 0 radical (unpaired) electrons. The molecule has 0 bridgehead atoms. The predicted octanol–water partition coefficient (Wildman–Crippen LogP) is 3.50. The molecular formula is C18H24N2O2S. The van der Waals surface area contributed by atoms with E-state index in [1.54, 1.807) is 16.7 Å². The number of carbonyl (C=O) groups is 2. The normalized spacial score (nSPS) is 18.2. The number of rotatable bonds is 4. The Bertz CT molecular complexity index is 640. The van der Waals surface area contributed by atoms with Crippen LogP contribution in [0.4, 0.5) is 5.69 Å². The van der Waals surface area contributed by atoms with E-state index in [0.717, 1.165) is 23.2 Å². The highest BCUT2D eigenvalue weighted by Crippen LogP contribution is 2.25. The van der Waals surface area contributed by atoms with Gasteiger partial charge in [-0.2, -0.15) is 0 Å². The molecule has 2 amide bonds. The summed E-state index contributed by atoms with van der Waals surface area (Å²) < 4.78 is 0. The summed E-state index contributed by atoms with van der Waals surface area (Å²) in [5, 5.41) is 2.98. The van der Waals surface area contributed by atoms with Crippen LogP contribution < -0.4 is 5.32 Å². The molecule has 1 heterocycles. The van der Waals surface area contributed by atoms with Crippen molar-refractivity contribution >= 4 is 29.3 Å². The Morgan fingerprint density at radius 3 is 2.83 bits per heavy atom. The van der Waals surface area contributed by atoms with Gasteiger partial charge in [-0.25, -0.2) is 0 Å². The topological polar surface area (TPSA) is 49.4 Å². The van der Waals surface area contributed by atoms with Crippen LogP contribution in [-0.4, -0.2) is 34.4 Å². The Balaban J connectivity index is 2.13. The lowest BCUT2D eigenvalue weighted by Gasteiger charge is -2.24. The van der Waals surface area contributed by atoms with E-state index in [1.165, 1.54) is 0 Å². The lowest BCUT2D eigenvalue weighted by molar-refractivity contribution is -0.133. The second-order valence-corrected chi connectivity index (χ2v) is 6.82. The fraction of sp³-hybridized carbons (Fsp3) is 0.444. The molecule has 1 aliphatic rings. The molecule has 2 rings (SSSR count). The summed E-state index contributed by atoms with van der Waals surface area (Å²) in [6.45, 7) is 7.82. The molecule has 4 nitrogen and oxygen atoms in total. The van der Waals surface area contributed by atoms with E-state index < -0.39 is 6.04 Å². The standard InChI is InChI=1S/C18H24N2O2S/c1-5-7-13(3)18(22)20-11-23-10-16(20)17(21)19-15-9-6-8-12(2)14(15)4/h6-9,16H,5,10-11H2,1-4H3,(H,19,21). The zero-order valence-electron chi connectivity index (χ0n) is 14.2. The molecule has 1 aliphatic heterocycles. The van der Waals surface area contributed by atoms with E-state index in [1.807, 2.05) is 52.0 Å². The highest BCUT2D eigenvalue weighted by molar-refractivity contribution is 7.99. The Morgan fingerprint density at radius 1 is 1.39 bits per heavy atom. The van der Waals surface area contributed by atoms with Crippen molar-refractivity contribution in [3.8, 4) is 0 Å². The largest absolute Gasteiger partial charge is 0.324 e. The molecule has 1 aromatic carbocycles. The van der Waals surface area contributed by atoms with Crippen LogP contribution in [0.3, 0.4) is 0 Å². The van der Waals surface area contributed by atoms with Crippen LogP contribution in [0.5, 0.6) is 0 Å². The molecule has 1 saturated heterocycles. The van der Waals surface area contributed by atoms with E-state index in [9.17, 15) is 9.59 Å². The van der Waals surface area contributed by atoms with Gasteiger partial charge < -0.3 is 10.2 Å². The van der Waals surface area contributed by atoms with Gasteiger partial charge in [-0.15, -0.1) is 11.8 Å². The summed E-state index contributed by atoms with van der Waals surface area (Å²) in [5.41, 5.74) is 3.73. The fourth-order valence-electron chi connectivity index (χ4n) is 2.58. The van der Waals surface area contributed by atoms with Crippen LogP contribution in [0.2, 0.25) is 0 Å². The first kappa shape index (κ1) is 17.6. The van der Waals surface area contributed by atoms with Gasteiger partial charge in [0, 0.05) is 17.0 Å². The number of hydrogen-bond acceptors (Lipinski definition) is 3. The molecule has 0 saturated carbocycles. The molecule has 23 heavy (non-hydrogen) atoms. The number of benzene rings is 1. The van der Waals surface area contributed by atoms with Gasteiger partial charge in [0.1, 0.15) is 6.04 Å². The lowest BCUT2D eigenvalue weighted by atomic mass is 10.1. The minimum absolute atomic E-state index is 0.0436. The van der Waals surface area contributed by atoms with Crippen LogP contribution in [0.1, 0.15) is 31.4 Å². The Kier molecular flexibility index (Phi) is 5.88. The monoisotopic (exact) mass is 332 g/mol. The van der Waals surface area contributed by atoms with Gasteiger partial charge in [-0.05, 0) is 44.4 Å². The SMILES string of the molecule is CCC=C(C)C(=O)N1CSCC1C(=O)Nc1cccc(C)c1C. The quantitative estimate of drug-likeness (QED) is 0.859. The van der Waals surface area contributed by atoms with E-state index in [2.05, 4.69) is 5.32 Å². The molecule has 124 valence electrons. The summed E-state index contributed by atoms with van der Waals surface area (Å²) in [7, 11) is 0. The highest BCUT2D eigenvalue weighted by atomic mass is 32.2. The Hall–Kier alpha value is -1.75. The number of anilines is 1. The number of amides is 2. The van der Waals surface area contributed by atoms with Crippen molar-refractivity contribution in [1.29, 1.82) is 0 Å². The van der Waals surface area contributed by atoms with Crippen molar-refractivity contribution in [2.75, 3.05) is 16.9 Å². The molecule has 1 unspecified atom stereocenters. The maximum atomic E-state index is 12.6. The Morgan fingerprint density at radius 2 is 2.13 bits per heavy atom. The molecule has 1 aromatic rings. The summed E-state index contributed by atoms with van der Waals surface area (Å²) in [5.74, 6) is 1.06. The number of nitrogens with zero attached hydrogens (tertiary/aromatic N) is 1. The number of hydrogen-bond donors (Lipinski definition) is 1. The third-order valence-electron chi connectivity index (χ3n) is 4.16. The van der Waals surface area contributed by atoms with Gasteiger partial charge in [0.2, 0.25) is 5.91 Å². The number of nitrogens with one attached hydrogen (secondary N) is 1. The summed E-state index contributed by atoms with van der Waals surface area (Å²) in [4.78, 5) is 26.8. The van der Waals surface area contributed by atoms with Crippen molar-refractivity contribution < 1.29 is 9.59 Å². The van der Waals surface area contributed by atoms with Crippen molar-refractivity contribution in [2.24, 2.45) is 0 Å². The maximum absolute atomic E-state index is 12.6. The molecule has 0 aliphatic carbocycles. The minimum Gasteiger partial charge on any atom is -0.324 e. The smallest absolute Gasteiger partial charge is 0.250 e. The first-order chi connectivity index (χ1) is 11.0. The van der Waals surface area contributed by atoms with E-state index in [4.69, 9.17) is 0 Å². The van der Waals surface area contributed by atoms with Crippen LogP contribution in [-0.2, 0) is 9.59 Å². The van der Waals surface area contributed by atoms with E-state index in [-0.39, 0.29) is 11.8 Å². The fourth-order valence-corrected chi connectivity index (χ4v) is 3.74. The zero-order valence-corrected chi connectivity index (χ0v) is 15.0. The van der Waals surface area contributed by atoms with Gasteiger partial charge in [0.05, 0.1) is 5.88 Å². The van der Waals surface area contributed by atoms with Crippen molar-refractivity contribution in [1.82, 2.24) is 4.90 Å². The van der Waals surface area contributed by atoms with Crippen LogP contribution in [0.15, 0.2) is 29.8 Å². The van der Waals surface area contributed by atoms with Crippen molar-refractivity contribution in [3.05, 3.63) is 41.0 Å². The Labute approximate surface area is 142 Å². The van der Waals surface area contributed by atoms with Gasteiger partial charge in [0.25, 0.3) is 5.91 Å². The molecular weight excluding hydrogens is 308 g/mol. The average Bonchev–Trinajstić information content (AvgIpc) is 3.01. The van der Waals surface area contributed by atoms with Crippen LogP contribution in [0, 0.1) is 13.8 Å². The third-order valence-corrected chi connectivity index (χ3v) is 5.17. The highest BCUT2D eigenvalue weighted by Gasteiger charge is 2.35. The second-order valence-electron chi connectivity index (χ2n) is 5.82. The second kappa shape index (κ2) is 7.68. The molecule has 0 spiro atoms. The minimum atomic E-state index is -0.410. The zero-order chi connectivity index (χ0) is 17.0. The summed E-state index contributed by atoms with van der Waals surface area (Å²) >= 11 is 1.62. The maximum Gasteiger partial charge on any atom is 0.250 e. The van der Waals surface area contributed by atoms with Crippen molar-refractivity contribution in [3.63, 3.8) is 0 Å². The molecule has 0 aromatic heterocycles. The summed E-state index contributed by atoms with van der Waals surface area (Å²) in [6, 6.07) is 5.44. The predicted molar refractivity (Wildman–Crippen MR) is 96.6 cm³/mol. The van der Waals surface area contributed by atoms with E-state index in [0.29, 0.717) is 17.2 Å². The van der Waals surface area contributed by atoms with Crippen LogP contribution in [0.25, 0.3) is 0 Å². The molecule has 1 atom stereocenters. The molecule has 1 N–H and O–H groups in total. The number of allylic oxidation sites excluding steroid dienone is 1. The van der Waals surface area contributed by atoms with Gasteiger partial charge in [-0.1, -0.05) is 25.1 Å². The number of thioether (sulfide) groups is 1. The van der Waals surface area contributed by atoms with Gasteiger partial charge in [-0.3, -0.25) is 9.59 Å². The molecule has 1 fully saturated rings. The number of aryl methyl sites for hydroxylation is 1. The van der Waals surface area contributed by atoms with Crippen molar-refractivity contribution in [2.45, 2.75) is 40.2 Å².